The highest BCUT2D eigenvalue weighted by atomic mass is 19.1. The van der Waals surface area contributed by atoms with Gasteiger partial charge < -0.3 is 4.74 Å². The number of rotatable bonds is 14. The Balaban J connectivity index is 1.70. The first-order valence-electron chi connectivity index (χ1n) is 10.9. The van der Waals surface area contributed by atoms with Crippen molar-refractivity contribution < 1.29 is 9.13 Å². The predicted molar refractivity (Wildman–Crippen MR) is 116 cm³/mol. The predicted octanol–water partition coefficient (Wildman–Crippen LogP) is 6.63. The van der Waals surface area contributed by atoms with Crippen molar-refractivity contribution in [3.63, 3.8) is 0 Å². The first-order valence-corrected chi connectivity index (χ1v) is 10.9. The van der Waals surface area contributed by atoms with Gasteiger partial charge in [-0.1, -0.05) is 76.3 Å². The number of hydrogen-bond donors (Lipinski definition) is 0. The van der Waals surface area contributed by atoms with E-state index >= 15 is 0 Å². The van der Waals surface area contributed by atoms with Gasteiger partial charge in [0.1, 0.15) is 11.6 Å². The largest absolute Gasteiger partial charge is 0.494 e. The molecule has 0 aliphatic carbocycles. The minimum absolute atomic E-state index is 0.106. The molecule has 0 fully saturated rings. The smallest absolute Gasteiger partial charge is 0.126 e. The van der Waals surface area contributed by atoms with Gasteiger partial charge in [-0.2, -0.15) is 0 Å². The highest BCUT2D eigenvalue weighted by Gasteiger charge is 2.07. The number of halogens is 1. The SMILES string of the molecule is CCCCCCCCOc1ccc(CN(CC)CCc2ccccc2F)cc1. The van der Waals surface area contributed by atoms with Gasteiger partial charge in [0.15, 0.2) is 0 Å². The highest BCUT2D eigenvalue weighted by molar-refractivity contribution is 5.27. The van der Waals surface area contributed by atoms with Crippen LogP contribution in [-0.2, 0) is 13.0 Å². The molecule has 0 heterocycles. The molecular weight excluding hydrogens is 349 g/mol. The minimum Gasteiger partial charge on any atom is -0.494 e. The second kappa shape index (κ2) is 13.3. The summed E-state index contributed by atoms with van der Waals surface area (Å²) in [7, 11) is 0. The van der Waals surface area contributed by atoms with Crippen molar-refractivity contribution in [2.45, 2.75) is 65.3 Å². The van der Waals surface area contributed by atoms with E-state index in [1.54, 1.807) is 6.07 Å². The lowest BCUT2D eigenvalue weighted by Crippen LogP contribution is -2.25. The monoisotopic (exact) mass is 385 g/mol. The Hall–Kier alpha value is -1.87. The van der Waals surface area contributed by atoms with E-state index < -0.39 is 0 Å². The second-order valence-corrected chi connectivity index (χ2v) is 7.47. The van der Waals surface area contributed by atoms with Crippen molar-refractivity contribution in [3.05, 3.63) is 65.5 Å². The molecule has 3 heteroatoms. The zero-order valence-electron chi connectivity index (χ0n) is 17.6. The summed E-state index contributed by atoms with van der Waals surface area (Å²) in [6, 6.07) is 15.5. The number of unbranched alkanes of at least 4 members (excludes halogenated alkanes) is 5. The van der Waals surface area contributed by atoms with Gasteiger partial charge in [-0.3, -0.25) is 4.90 Å². The molecule has 2 rings (SSSR count). The van der Waals surface area contributed by atoms with Crippen molar-refractivity contribution in [2.75, 3.05) is 19.7 Å². The number of likely N-dealkylation sites (N-methyl/N-ethyl adjacent to an activating group) is 1. The molecule has 0 bridgehead atoms. The van der Waals surface area contributed by atoms with E-state index in [1.807, 2.05) is 12.1 Å². The average Bonchev–Trinajstić information content (AvgIpc) is 2.72. The zero-order valence-corrected chi connectivity index (χ0v) is 17.6. The fourth-order valence-corrected chi connectivity index (χ4v) is 3.35. The molecule has 0 atom stereocenters. The van der Waals surface area contributed by atoms with E-state index in [9.17, 15) is 4.39 Å². The Bertz CT molecular complexity index is 656. The summed E-state index contributed by atoms with van der Waals surface area (Å²) in [5.41, 5.74) is 2.06. The maximum atomic E-state index is 13.8. The van der Waals surface area contributed by atoms with Crippen LogP contribution in [0.15, 0.2) is 48.5 Å². The Kier molecular flexibility index (Phi) is 10.7. The highest BCUT2D eigenvalue weighted by Crippen LogP contribution is 2.15. The Morgan fingerprint density at radius 3 is 2.29 bits per heavy atom. The second-order valence-electron chi connectivity index (χ2n) is 7.47. The molecule has 0 saturated heterocycles. The van der Waals surface area contributed by atoms with E-state index in [1.165, 1.54) is 43.7 Å². The number of nitrogens with zero attached hydrogens (tertiary/aromatic N) is 1. The quantitative estimate of drug-likeness (QED) is 0.338. The first-order chi connectivity index (χ1) is 13.7. The average molecular weight is 386 g/mol. The topological polar surface area (TPSA) is 12.5 Å². The third-order valence-electron chi connectivity index (χ3n) is 5.20. The normalized spacial score (nSPS) is 11.1. The van der Waals surface area contributed by atoms with Gasteiger partial charge in [0.25, 0.3) is 0 Å². The van der Waals surface area contributed by atoms with Gasteiger partial charge in [-0.15, -0.1) is 0 Å². The van der Waals surface area contributed by atoms with Crippen LogP contribution >= 0.6 is 0 Å². The molecule has 0 saturated carbocycles. The molecule has 154 valence electrons. The number of hydrogen-bond acceptors (Lipinski definition) is 2. The van der Waals surface area contributed by atoms with Crippen LogP contribution in [0.5, 0.6) is 5.75 Å². The van der Waals surface area contributed by atoms with Gasteiger partial charge in [-0.25, -0.2) is 4.39 Å². The Morgan fingerprint density at radius 2 is 1.57 bits per heavy atom. The van der Waals surface area contributed by atoms with E-state index in [0.29, 0.717) is 0 Å². The third kappa shape index (κ3) is 8.43. The molecule has 0 aromatic heterocycles. The van der Waals surface area contributed by atoms with E-state index in [0.717, 1.165) is 50.4 Å². The Labute approximate surface area is 170 Å². The molecule has 2 aromatic rings. The van der Waals surface area contributed by atoms with Crippen LogP contribution in [0, 0.1) is 5.82 Å². The molecule has 28 heavy (non-hydrogen) atoms. The van der Waals surface area contributed by atoms with Crippen molar-refractivity contribution in [1.82, 2.24) is 4.90 Å². The lowest BCUT2D eigenvalue weighted by atomic mass is 10.1. The number of ether oxygens (including phenoxy) is 1. The molecule has 0 aliphatic heterocycles. The summed E-state index contributed by atoms with van der Waals surface area (Å²) in [5.74, 6) is 0.845. The van der Waals surface area contributed by atoms with Gasteiger partial charge in [0.05, 0.1) is 6.61 Å². The summed E-state index contributed by atoms with van der Waals surface area (Å²) in [4.78, 5) is 2.35. The van der Waals surface area contributed by atoms with Gasteiger partial charge in [0.2, 0.25) is 0 Å². The maximum Gasteiger partial charge on any atom is 0.126 e. The van der Waals surface area contributed by atoms with Gasteiger partial charge in [0, 0.05) is 13.1 Å². The van der Waals surface area contributed by atoms with E-state index in [-0.39, 0.29) is 5.82 Å². The van der Waals surface area contributed by atoms with Crippen LogP contribution < -0.4 is 4.74 Å². The van der Waals surface area contributed by atoms with Crippen LogP contribution in [0.4, 0.5) is 4.39 Å². The van der Waals surface area contributed by atoms with Crippen LogP contribution in [-0.4, -0.2) is 24.6 Å². The summed E-state index contributed by atoms with van der Waals surface area (Å²) >= 11 is 0. The lowest BCUT2D eigenvalue weighted by Gasteiger charge is -2.21. The molecule has 0 spiro atoms. The summed E-state index contributed by atoms with van der Waals surface area (Å²) in [6.07, 6.45) is 8.42. The van der Waals surface area contributed by atoms with E-state index in [2.05, 4.69) is 43.0 Å². The van der Waals surface area contributed by atoms with E-state index in [4.69, 9.17) is 4.74 Å². The number of benzene rings is 2. The fraction of sp³-hybridized carbons (Fsp3) is 0.520. The first kappa shape index (κ1) is 22.4. The zero-order chi connectivity index (χ0) is 20.0. The van der Waals surface area contributed by atoms with Crippen LogP contribution in [0.3, 0.4) is 0 Å². The molecule has 0 N–H and O–H groups in total. The minimum atomic E-state index is -0.106. The molecule has 0 amide bonds. The molecule has 2 nitrogen and oxygen atoms in total. The standard InChI is InChI=1S/C25H36FNO/c1-3-5-6-7-8-11-20-28-24-16-14-22(15-17-24)21-27(4-2)19-18-23-12-9-10-13-25(23)26/h9-10,12-17H,3-8,11,18-21H2,1-2H3. The van der Waals surface area contributed by atoms with Gasteiger partial charge >= 0.3 is 0 Å². The van der Waals surface area contributed by atoms with Crippen molar-refractivity contribution in [1.29, 1.82) is 0 Å². The summed E-state index contributed by atoms with van der Waals surface area (Å²) in [6.45, 7) is 7.88. The van der Waals surface area contributed by atoms with Crippen molar-refractivity contribution in [3.8, 4) is 5.75 Å². The van der Waals surface area contributed by atoms with Crippen LogP contribution in [0.1, 0.15) is 63.5 Å². The third-order valence-corrected chi connectivity index (χ3v) is 5.20. The van der Waals surface area contributed by atoms with Crippen molar-refractivity contribution >= 4 is 0 Å². The lowest BCUT2D eigenvalue weighted by molar-refractivity contribution is 0.281. The molecule has 0 unspecified atom stereocenters. The van der Waals surface area contributed by atoms with Crippen LogP contribution in [0.25, 0.3) is 0 Å². The summed E-state index contributed by atoms with van der Waals surface area (Å²) < 4.78 is 19.6. The molecule has 0 radical (unpaired) electrons. The molecule has 0 aliphatic rings. The molecular formula is C25H36FNO. The van der Waals surface area contributed by atoms with Gasteiger partial charge in [-0.05, 0) is 48.7 Å². The van der Waals surface area contributed by atoms with Crippen molar-refractivity contribution in [2.24, 2.45) is 0 Å². The van der Waals surface area contributed by atoms with Crippen LogP contribution in [0.2, 0.25) is 0 Å². The fourth-order valence-electron chi connectivity index (χ4n) is 3.35. The summed E-state index contributed by atoms with van der Waals surface area (Å²) in [5, 5.41) is 0. The molecule has 2 aromatic carbocycles. The Morgan fingerprint density at radius 1 is 0.857 bits per heavy atom. The maximum absolute atomic E-state index is 13.8.